The first-order valence-corrected chi connectivity index (χ1v) is 9.31. The van der Waals surface area contributed by atoms with Crippen molar-refractivity contribution in [1.82, 2.24) is 10.2 Å². The molecule has 1 aromatic rings. The van der Waals surface area contributed by atoms with Crippen LogP contribution in [-0.4, -0.2) is 41.9 Å². The van der Waals surface area contributed by atoms with Crippen LogP contribution < -0.4 is 5.32 Å². The average molecular weight is 344 g/mol. The molecule has 2 fully saturated rings. The number of benzene rings is 1. The maximum Gasteiger partial charge on any atom is 0.245 e. The normalized spacial score (nSPS) is 25.6. The smallest absolute Gasteiger partial charge is 0.245 e. The van der Waals surface area contributed by atoms with Crippen molar-refractivity contribution < 1.29 is 14.3 Å². The molecule has 1 aromatic carbocycles. The second-order valence-electron chi connectivity index (χ2n) is 7.31. The molecule has 1 heterocycles. The second-order valence-corrected chi connectivity index (χ2v) is 7.31. The van der Waals surface area contributed by atoms with E-state index in [1.165, 1.54) is 6.92 Å². The van der Waals surface area contributed by atoms with Gasteiger partial charge in [0, 0.05) is 13.5 Å². The van der Waals surface area contributed by atoms with Crippen molar-refractivity contribution in [2.24, 2.45) is 5.92 Å². The third-order valence-electron chi connectivity index (χ3n) is 5.24. The first-order valence-electron chi connectivity index (χ1n) is 9.31. The van der Waals surface area contributed by atoms with Crippen LogP contribution in [0, 0.1) is 5.92 Å². The topological polar surface area (TPSA) is 58.6 Å². The van der Waals surface area contributed by atoms with Gasteiger partial charge in [-0.15, -0.1) is 0 Å². The molecule has 2 amide bonds. The van der Waals surface area contributed by atoms with Crippen LogP contribution in [0.25, 0.3) is 0 Å². The Kier molecular flexibility index (Phi) is 5.74. The molecule has 0 spiro atoms. The van der Waals surface area contributed by atoms with E-state index < -0.39 is 6.04 Å². The predicted molar refractivity (Wildman–Crippen MR) is 95.9 cm³/mol. The van der Waals surface area contributed by atoms with Gasteiger partial charge in [-0.05, 0) is 31.2 Å². The van der Waals surface area contributed by atoms with E-state index in [-0.39, 0.29) is 29.9 Å². The summed E-state index contributed by atoms with van der Waals surface area (Å²) in [5, 5.41) is 2.92. The molecule has 2 aliphatic rings. The van der Waals surface area contributed by atoms with Gasteiger partial charge in [-0.2, -0.15) is 0 Å². The monoisotopic (exact) mass is 344 g/mol. The van der Waals surface area contributed by atoms with E-state index in [0.29, 0.717) is 13.1 Å². The Morgan fingerprint density at radius 1 is 1.16 bits per heavy atom. The highest BCUT2D eigenvalue weighted by atomic mass is 16.5. The fourth-order valence-electron chi connectivity index (χ4n) is 4.07. The minimum absolute atomic E-state index is 0.0236. The molecular weight excluding hydrogens is 316 g/mol. The number of ether oxygens (including phenoxy) is 1. The molecule has 3 atom stereocenters. The van der Waals surface area contributed by atoms with E-state index >= 15 is 0 Å². The van der Waals surface area contributed by atoms with Gasteiger partial charge in [0.1, 0.15) is 12.1 Å². The van der Waals surface area contributed by atoms with Gasteiger partial charge < -0.3 is 15.0 Å². The van der Waals surface area contributed by atoms with Gasteiger partial charge in [0.25, 0.3) is 0 Å². The summed E-state index contributed by atoms with van der Waals surface area (Å²) in [5.41, 5.74) is 1.09. The van der Waals surface area contributed by atoms with Gasteiger partial charge in [-0.3, -0.25) is 9.59 Å². The molecule has 1 saturated heterocycles. The van der Waals surface area contributed by atoms with Crippen LogP contribution in [-0.2, 0) is 14.3 Å². The first-order chi connectivity index (χ1) is 12.0. The zero-order valence-electron chi connectivity index (χ0n) is 15.1. The summed E-state index contributed by atoms with van der Waals surface area (Å²) in [6, 6.07) is 9.62. The van der Waals surface area contributed by atoms with Gasteiger partial charge in [0.05, 0.1) is 12.6 Å². The molecule has 0 radical (unpaired) electrons. The summed E-state index contributed by atoms with van der Waals surface area (Å²) >= 11 is 0. The van der Waals surface area contributed by atoms with Gasteiger partial charge in [0.2, 0.25) is 11.8 Å². The molecule has 5 heteroatoms. The van der Waals surface area contributed by atoms with Crippen LogP contribution in [0.3, 0.4) is 0 Å². The van der Waals surface area contributed by atoms with Crippen molar-refractivity contribution in [2.75, 3.05) is 13.1 Å². The van der Waals surface area contributed by atoms with E-state index in [9.17, 15) is 9.59 Å². The Balaban J connectivity index is 1.75. The predicted octanol–water partition coefficient (Wildman–Crippen LogP) is 2.67. The number of carbonyl (C=O) groups is 2. The van der Waals surface area contributed by atoms with Crippen molar-refractivity contribution in [3.8, 4) is 0 Å². The Morgan fingerprint density at radius 3 is 2.48 bits per heavy atom. The van der Waals surface area contributed by atoms with Gasteiger partial charge >= 0.3 is 0 Å². The minimum atomic E-state index is -0.401. The number of hydrogen-bond acceptors (Lipinski definition) is 3. The SMILES string of the molecule is CC(=O)N[C@H](C(=O)N1C[C@@H](C)O[C@H](c2ccccc2)C1)C1CCCC1. The summed E-state index contributed by atoms with van der Waals surface area (Å²) in [4.78, 5) is 26.7. The van der Waals surface area contributed by atoms with E-state index in [2.05, 4.69) is 5.32 Å². The molecular formula is C20H28N2O3. The summed E-state index contributed by atoms with van der Waals surface area (Å²) in [7, 11) is 0. The molecule has 5 nitrogen and oxygen atoms in total. The van der Waals surface area contributed by atoms with Crippen molar-refractivity contribution >= 4 is 11.8 Å². The molecule has 1 saturated carbocycles. The maximum atomic E-state index is 13.2. The van der Waals surface area contributed by atoms with Crippen LogP contribution in [0.5, 0.6) is 0 Å². The number of rotatable bonds is 4. The summed E-state index contributed by atoms with van der Waals surface area (Å²) in [5.74, 6) is 0.161. The highest BCUT2D eigenvalue weighted by Crippen LogP contribution is 2.31. The van der Waals surface area contributed by atoms with Crippen LogP contribution >= 0.6 is 0 Å². The third kappa shape index (κ3) is 4.40. The van der Waals surface area contributed by atoms with Gasteiger partial charge in [-0.25, -0.2) is 0 Å². The maximum absolute atomic E-state index is 13.2. The standard InChI is InChI=1S/C20H28N2O3/c1-14-12-22(13-18(25-14)16-8-4-3-5-9-16)20(24)19(21-15(2)23)17-10-6-7-11-17/h3-5,8-9,14,17-19H,6-7,10-13H2,1-2H3,(H,21,23)/t14-,18+,19+/m1/s1. The van der Waals surface area contributed by atoms with Crippen molar-refractivity contribution in [3.05, 3.63) is 35.9 Å². The minimum Gasteiger partial charge on any atom is -0.367 e. The van der Waals surface area contributed by atoms with E-state index in [4.69, 9.17) is 4.74 Å². The highest BCUT2D eigenvalue weighted by molar-refractivity contribution is 5.87. The van der Waals surface area contributed by atoms with Crippen molar-refractivity contribution in [2.45, 2.75) is 57.8 Å². The lowest BCUT2D eigenvalue weighted by atomic mass is 9.95. The van der Waals surface area contributed by atoms with Gasteiger partial charge in [0.15, 0.2) is 0 Å². The van der Waals surface area contributed by atoms with Crippen molar-refractivity contribution in [1.29, 1.82) is 0 Å². The van der Waals surface area contributed by atoms with Crippen LogP contribution in [0.2, 0.25) is 0 Å². The summed E-state index contributed by atoms with van der Waals surface area (Å²) < 4.78 is 6.06. The Bertz CT molecular complexity index is 598. The van der Waals surface area contributed by atoms with Crippen molar-refractivity contribution in [3.63, 3.8) is 0 Å². The van der Waals surface area contributed by atoms with Crippen LogP contribution in [0.4, 0.5) is 0 Å². The summed E-state index contributed by atoms with van der Waals surface area (Å²) in [6.45, 7) is 4.60. The first kappa shape index (κ1) is 17.9. The zero-order chi connectivity index (χ0) is 17.8. The quantitative estimate of drug-likeness (QED) is 0.913. The average Bonchev–Trinajstić information content (AvgIpc) is 3.13. The Hall–Kier alpha value is -1.88. The number of morpholine rings is 1. The Morgan fingerprint density at radius 2 is 1.84 bits per heavy atom. The number of hydrogen-bond donors (Lipinski definition) is 1. The highest BCUT2D eigenvalue weighted by Gasteiger charge is 2.37. The third-order valence-corrected chi connectivity index (χ3v) is 5.24. The second kappa shape index (κ2) is 8.00. The molecule has 1 aliphatic carbocycles. The molecule has 1 N–H and O–H groups in total. The number of carbonyl (C=O) groups excluding carboxylic acids is 2. The number of nitrogens with zero attached hydrogens (tertiary/aromatic N) is 1. The van der Waals surface area contributed by atoms with Crippen LogP contribution in [0.1, 0.15) is 51.2 Å². The van der Waals surface area contributed by atoms with E-state index in [1.54, 1.807) is 0 Å². The molecule has 3 rings (SSSR count). The molecule has 0 aromatic heterocycles. The zero-order valence-corrected chi connectivity index (χ0v) is 15.1. The lowest BCUT2D eigenvalue weighted by Gasteiger charge is -2.39. The largest absolute Gasteiger partial charge is 0.367 e. The number of nitrogens with one attached hydrogen (secondary N) is 1. The van der Waals surface area contributed by atoms with E-state index in [0.717, 1.165) is 31.2 Å². The number of amides is 2. The fraction of sp³-hybridized carbons (Fsp3) is 0.600. The molecule has 1 aliphatic heterocycles. The molecule has 136 valence electrons. The van der Waals surface area contributed by atoms with Gasteiger partial charge in [-0.1, -0.05) is 43.2 Å². The lowest BCUT2D eigenvalue weighted by Crippen LogP contribution is -2.55. The lowest BCUT2D eigenvalue weighted by molar-refractivity contribution is -0.149. The Labute approximate surface area is 149 Å². The molecule has 0 bridgehead atoms. The summed E-state index contributed by atoms with van der Waals surface area (Å²) in [6.07, 6.45) is 4.16. The fourth-order valence-corrected chi connectivity index (χ4v) is 4.07. The van der Waals surface area contributed by atoms with Crippen LogP contribution in [0.15, 0.2) is 30.3 Å². The molecule has 0 unspecified atom stereocenters. The van der Waals surface area contributed by atoms with E-state index in [1.807, 2.05) is 42.2 Å². The molecule has 25 heavy (non-hydrogen) atoms.